The van der Waals surface area contributed by atoms with Crippen LogP contribution in [0.25, 0.3) is 0 Å². The third kappa shape index (κ3) is 5.32. The van der Waals surface area contributed by atoms with Crippen molar-refractivity contribution in [3.63, 3.8) is 0 Å². The summed E-state index contributed by atoms with van der Waals surface area (Å²) in [6, 6.07) is 8.18. The van der Waals surface area contributed by atoms with E-state index in [1.807, 2.05) is 28.0 Å². The molecule has 27 heavy (non-hydrogen) atoms. The van der Waals surface area contributed by atoms with Crippen molar-refractivity contribution in [2.75, 3.05) is 44.2 Å². The van der Waals surface area contributed by atoms with E-state index in [1.165, 1.54) is 24.8 Å². The van der Waals surface area contributed by atoms with Crippen LogP contribution < -0.4 is 4.90 Å². The Morgan fingerprint density at radius 3 is 2.41 bits per heavy atom. The molecule has 0 aromatic heterocycles. The maximum Gasteiger partial charge on any atom is 0.241 e. The zero-order valence-electron chi connectivity index (χ0n) is 16.7. The summed E-state index contributed by atoms with van der Waals surface area (Å²) in [6.45, 7) is 6.53. The second-order valence-electron chi connectivity index (χ2n) is 7.75. The van der Waals surface area contributed by atoms with E-state index in [-0.39, 0.29) is 11.8 Å². The topological polar surface area (TPSA) is 43.9 Å². The summed E-state index contributed by atoms with van der Waals surface area (Å²) in [5.41, 5.74) is 2.33. The van der Waals surface area contributed by atoms with Crippen molar-refractivity contribution in [2.24, 2.45) is 0 Å². The second-order valence-corrected chi connectivity index (χ2v) is 7.75. The van der Waals surface area contributed by atoms with Gasteiger partial charge >= 0.3 is 0 Å². The van der Waals surface area contributed by atoms with E-state index in [1.54, 1.807) is 0 Å². The smallest absolute Gasteiger partial charge is 0.241 e. The normalized spacial score (nSPS) is 17.2. The van der Waals surface area contributed by atoms with E-state index in [0.717, 1.165) is 57.7 Å². The van der Waals surface area contributed by atoms with Crippen molar-refractivity contribution in [1.82, 2.24) is 9.80 Å². The van der Waals surface area contributed by atoms with Crippen LogP contribution in [0.5, 0.6) is 0 Å². The predicted molar refractivity (Wildman–Crippen MR) is 109 cm³/mol. The minimum Gasteiger partial charge on any atom is -0.340 e. The molecular weight excluding hydrogens is 338 g/mol. The standard InChI is InChI=1S/C22H33N3O2/c1-2-3-4-5-6-11-21(26)24-16-14-23(15-17-24)18-22(27)25-13-12-19-9-7-8-10-20(19)25/h7-10H,2-6,11-18H2,1H3. The van der Waals surface area contributed by atoms with Crippen LogP contribution in [0.3, 0.4) is 0 Å². The summed E-state index contributed by atoms with van der Waals surface area (Å²) in [7, 11) is 0. The molecule has 148 valence electrons. The number of anilines is 1. The lowest BCUT2D eigenvalue weighted by Crippen LogP contribution is -2.51. The molecule has 2 amide bonds. The van der Waals surface area contributed by atoms with Crippen LogP contribution in [-0.2, 0) is 16.0 Å². The number of benzene rings is 1. The molecule has 5 heteroatoms. The molecule has 1 saturated heterocycles. The molecule has 5 nitrogen and oxygen atoms in total. The lowest BCUT2D eigenvalue weighted by molar-refractivity contribution is -0.133. The van der Waals surface area contributed by atoms with Crippen molar-refractivity contribution in [3.05, 3.63) is 29.8 Å². The van der Waals surface area contributed by atoms with Crippen molar-refractivity contribution < 1.29 is 9.59 Å². The van der Waals surface area contributed by atoms with Crippen LogP contribution >= 0.6 is 0 Å². The Bertz CT molecular complexity index is 638. The minimum atomic E-state index is 0.177. The number of rotatable bonds is 8. The Labute approximate surface area is 163 Å². The van der Waals surface area contributed by atoms with Gasteiger partial charge in [-0.25, -0.2) is 0 Å². The fourth-order valence-electron chi connectivity index (χ4n) is 4.07. The van der Waals surface area contributed by atoms with Crippen LogP contribution in [-0.4, -0.2) is 60.9 Å². The highest BCUT2D eigenvalue weighted by Gasteiger charge is 2.27. The molecule has 1 aromatic rings. The quantitative estimate of drug-likeness (QED) is 0.660. The highest BCUT2D eigenvalue weighted by molar-refractivity contribution is 5.96. The SMILES string of the molecule is CCCCCCCC(=O)N1CCN(CC(=O)N2CCc3ccccc32)CC1. The van der Waals surface area contributed by atoms with Gasteiger partial charge in [-0.2, -0.15) is 0 Å². The van der Waals surface area contributed by atoms with Gasteiger partial charge in [-0.3, -0.25) is 14.5 Å². The first-order chi connectivity index (χ1) is 13.2. The number of para-hydroxylation sites is 1. The molecule has 3 rings (SSSR count). The molecular formula is C22H33N3O2. The number of carbonyl (C=O) groups excluding carboxylic acids is 2. The molecule has 1 aromatic carbocycles. The van der Waals surface area contributed by atoms with Gasteiger partial charge in [-0.1, -0.05) is 50.8 Å². The number of amides is 2. The molecule has 0 saturated carbocycles. The third-order valence-corrected chi connectivity index (χ3v) is 5.77. The number of carbonyl (C=O) groups is 2. The van der Waals surface area contributed by atoms with Gasteiger partial charge in [-0.15, -0.1) is 0 Å². The first-order valence-corrected chi connectivity index (χ1v) is 10.6. The predicted octanol–water partition coefficient (Wildman–Crippen LogP) is 3.08. The minimum absolute atomic E-state index is 0.177. The Balaban J connectivity index is 1.38. The van der Waals surface area contributed by atoms with Crippen LogP contribution in [0.2, 0.25) is 0 Å². The van der Waals surface area contributed by atoms with Crippen molar-refractivity contribution in [1.29, 1.82) is 0 Å². The number of nitrogens with zero attached hydrogens (tertiary/aromatic N) is 3. The Kier molecular flexibility index (Phi) is 7.27. The van der Waals surface area contributed by atoms with Gasteiger partial charge in [0.1, 0.15) is 0 Å². The number of unbranched alkanes of at least 4 members (excludes halogenated alkanes) is 4. The van der Waals surface area contributed by atoms with E-state index in [2.05, 4.69) is 17.9 Å². The molecule has 1 fully saturated rings. The number of piperazine rings is 1. The molecule has 0 atom stereocenters. The fraction of sp³-hybridized carbons (Fsp3) is 0.636. The lowest BCUT2D eigenvalue weighted by atomic mass is 10.1. The molecule has 2 heterocycles. The highest BCUT2D eigenvalue weighted by atomic mass is 16.2. The van der Waals surface area contributed by atoms with E-state index < -0.39 is 0 Å². The summed E-state index contributed by atoms with van der Waals surface area (Å²) < 4.78 is 0. The maximum atomic E-state index is 12.7. The molecule has 0 N–H and O–H groups in total. The summed E-state index contributed by atoms with van der Waals surface area (Å²) in [6.07, 6.45) is 7.52. The first kappa shape index (κ1) is 19.9. The lowest BCUT2D eigenvalue weighted by Gasteiger charge is -2.35. The molecule has 0 radical (unpaired) electrons. The first-order valence-electron chi connectivity index (χ1n) is 10.6. The number of fused-ring (bicyclic) bond motifs is 1. The summed E-state index contributed by atoms with van der Waals surface area (Å²) >= 11 is 0. The Morgan fingerprint density at radius 1 is 0.889 bits per heavy atom. The van der Waals surface area contributed by atoms with E-state index in [0.29, 0.717) is 13.0 Å². The number of hydrogen-bond donors (Lipinski definition) is 0. The molecule has 2 aliphatic rings. The third-order valence-electron chi connectivity index (χ3n) is 5.77. The number of hydrogen-bond acceptors (Lipinski definition) is 3. The van der Waals surface area contributed by atoms with Crippen LogP contribution in [0, 0.1) is 0 Å². The highest BCUT2D eigenvalue weighted by Crippen LogP contribution is 2.27. The summed E-state index contributed by atoms with van der Waals surface area (Å²) in [4.78, 5) is 31.1. The van der Waals surface area contributed by atoms with E-state index in [9.17, 15) is 9.59 Å². The van der Waals surface area contributed by atoms with Gasteiger partial charge in [0.05, 0.1) is 6.54 Å². The maximum absolute atomic E-state index is 12.7. The van der Waals surface area contributed by atoms with E-state index >= 15 is 0 Å². The molecule has 0 unspecified atom stereocenters. The average molecular weight is 372 g/mol. The molecule has 0 aliphatic carbocycles. The monoisotopic (exact) mass is 371 g/mol. The Morgan fingerprint density at radius 2 is 1.63 bits per heavy atom. The van der Waals surface area contributed by atoms with Crippen molar-refractivity contribution >= 4 is 17.5 Å². The largest absolute Gasteiger partial charge is 0.340 e. The fourth-order valence-corrected chi connectivity index (χ4v) is 4.07. The summed E-state index contributed by atoms with van der Waals surface area (Å²) in [5, 5.41) is 0. The zero-order valence-corrected chi connectivity index (χ0v) is 16.7. The molecule has 2 aliphatic heterocycles. The average Bonchev–Trinajstić information content (AvgIpc) is 3.12. The van der Waals surface area contributed by atoms with Gasteiger partial charge in [0.25, 0.3) is 0 Å². The van der Waals surface area contributed by atoms with Crippen LogP contribution in [0.15, 0.2) is 24.3 Å². The van der Waals surface area contributed by atoms with Crippen LogP contribution in [0.4, 0.5) is 5.69 Å². The van der Waals surface area contributed by atoms with E-state index in [4.69, 9.17) is 0 Å². The van der Waals surface area contributed by atoms with Gasteiger partial charge in [0.15, 0.2) is 0 Å². The van der Waals surface area contributed by atoms with Gasteiger partial charge in [0, 0.05) is 44.8 Å². The Hall–Kier alpha value is -1.88. The molecule has 0 bridgehead atoms. The van der Waals surface area contributed by atoms with Gasteiger partial charge < -0.3 is 9.80 Å². The summed E-state index contributed by atoms with van der Waals surface area (Å²) in [5.74, 6) is 0.460. The van der Waals surface area contributed by atoms with Crippen molar-refractivity contribution in [3.8, 4) is 0 Å². The van der Waals surface area contributed by atoms with Crippen molar-refractivity contribution in [2.45, 2.75) is 51.9 Å². The van der Waals surface area contributed by atoms with Gasteiger partial charge in [-0.05, 0) is 24.5 Å². The molecule has 0 spiro atoms. The van der Waals surface area contributed by atoms with Crippen LogP contribution in [0.1, 0.15) is 51.0 Å². The zero-order chi connectivity index (χ0) is 19.1. The van der Waals surface area contributed by atoms with Gasteiger partial charge in [0.2, 0.25) is 11.8 Å². The second kappa shape index (κ2) is 9.88.